The monoisotopic (exact) mass is 475 g/mol. The van der Waals surface area contributed by atoms with Crippen molar-refractivity contribution < 1.29 is 23.4 Å². The highest BCUT2D eigenvalue weighted by Gasteiger charge is 2.19. The van der Waals surface area contributed by atoms with Gasteiger partial charge in [-0.3, -0.25) is 4.72 Å². The summed E-state index contributed by atoms with van der Waals surface area (Å²) in [5.74, 6) is -1.70. The maximum absolute atomic E-state index is 12.7. The Bertz CT molecular complexity index is 1160. The molecule has 3 N–H and O–H groups in total. The highest BCUT2D eigenvalue weighted by molar-refractivity contribution is 9.10. The van der Waals surface area contributed by atoms with Crippen LogP contribution in [-0.2, 0) is 16.4 Å². The van der Waals surface area contributed by atoms with Gasteiger partial charge in [0.1, 0.15) is 11.3 Å². The number of sulfonamides is 1. The van der Waals surface area contributed by atoms with E-state index in [0.717, 1.165) is 21.7 Å². The van der Waals surface area contributed by atoms with Crippen molar-refractivity contribution in [3.63, 3.8) is 0 Å². The summed E-state index contributed by atoms with van der Waals surface area (Å²) in [7, 11) is -3.93. The molecule has 3 aromatic carbocycles. The zero-order valence-corrected chi connectivity index (χ0v) is 17.8. The Labute approximate surface area is 177 Å². The van der Waals surface area contributed by atoms with E-state index in [2.05, 4.69) is 20.7 Å². The molecule has 0 aromatic heterocycles. The van der Waals surface area contributed by atoms with E-state index in [4.69, 9.17) is 0 Å². The van der Waals surface area contributed by atoms with Gasteiger partial charge in [-0.15, -0.1) is 0 Å². The van der Waals surface area contributed by atoms with Gasteiger partial charge in [0.05, 0.1) is 10.6 Å². The molecule has 3 rings (SSSR count). The van der Waals surface area contributed by atoms with Crippen LogP contribution in [0.1, 0.15) is 22.8 Å². The van der Waals surface area contributed by atoms with Gasteiger partial charge in [0.25, 0.3) is 10.0 Å². The molecule has 0 spiro atoms. The molecule has 150 valence electrons. The van der Waals surface area contributed by atoms with E-state index < -0.39 is 16.0 Å². The number of rotatable bonds is 6. The summed E-state index contributed by atoms with van der Waals surface area (Å²) in [5.41, 5.74) is 1.87. The Morgan fingerprint density at radius 2 is 1.55 bits per heavy atom. The van der Waals surface area contributed by atoms with E-state index >= 15 is 0 Å². The number of aromatic hydroxyl groups is 1. The summed E-state index contributed by atoms with van der Waals surface area (Å²) in [6.45, 7) is 1.74. The fourth-order valence-electron chi connectivity index (χ4n) is 2.87. The molecule has 8 heteroatoms. The summed E-state index contributed by atoms with van der Waals surface area (Å²) in [4.78, 5) is 11.4. The first kappa shape index (κ1) is 20.9. The molecule has 0 bridgehead atoms. The third kappa shape index (κ3) is 4.60. The molecule has 0 fully saturated rings. The number of phenols is 1. The molecule has 0 saturated heterocycles. The minimum atomic E-state index is -3.93. The van der Waals surface area contributed by atoms with Crippen molar-refractivity contribution in [1.29, 1.82) is 0 Å². The topological polar surface area (TPSA) is 104 Å². The van der Waals surface area contributed by atoms with Gasteiger partial charge in [0, 0.05) is 4.47 Å². The van der Waals surface area contributed by atoms with E-state index in [-0.39, 0.29) is 21.9 Å². The number of hydrogen-bond donors (Lipinski definition) is 3. The van der Waals surface area contributed by atoms with Crippen LogP contribution in [0, 0.1) is 0 Å². The van der Waals surface area contributed by atoms with Gasteiger partial charge in [-0.1, -0.05) is 47.1 Å². The van der Waals surface area contributed by atoms with Crippen LogP contribution in [0.15, 0.2) is 70.0 Å². The minimum Gasteiger partial charge on any atom is -0.507 e. The third-order valence-corrected chi connectivity index (χ3v) is 6.32. The Hall–Kier alpha value is -2.84. The summed E-state index contributed by atoms with van der Waals surface area (Å²) < 4.78 is 28.8. The van der Waals surface area contributed by atoms with Gasteiger partial charge < -0.3 is 10.2 Å². The van der Waals surface area contributed by atoms with Crippen molar-refractivity contribution in [3.8, 4) is 16.9 Å². The second-order valence-corrected chi connectivity index (χ2v) is 8.93. The Kier molecular flexibility index (Phi) is 5.95. The standard InChI is InChI=1S/C21H18BrNO5S/c1-2-13-11-17(12-19(20(13)24)21(25)26)23-29(27,28)18-9-5-15(6-10-18)14-3-7-16(22)8-4-14/h3-12,23-24H,2H2,1H3,(H,25,26). The average molecular weight is 476 g/mol. The molecule has 29 heavy (non-hydrogen) atoms. The highest BCUT2D eigenvalue weighted by atomic mass is 79.9. The largest absolute Gasteiger partial charge is 0.507 e. The van der Waals surface area contributed by atoms with E-state index in [1.54, 1.807) is 19.1 Å². The highest BCUT2D eigenvalue weighted by Crippen LogP contribution is 2.29. The first-order chi connectivity index (χ1) is 13.7. The number of anilines is 1. The molecule has 0 radical (unpaired) electrons. The summed E-state index contributed by atoms with van der Waals surface area (Å²) >= 11 is 3.38. The van der Waals surface area contributed by atoms with Crippen molar-refractivity contribution in [1.82, 2.24) is 0 Å². The SMILES string of the molecule is CCc1cc(NS(=O)(=O)c2ccc(-c3ccc(Br)cc3)cc2)cc(C(=O)O)c1O. The predicted molar refractivity (Wildman–Crippen MR) is 115 cm³/mol. The van der Waals surface area contributed by atoms with E-state index in [1.165, 1.54) is 18.2 Å². The number of benzene rings is 3. The second kappa shape index (κ2) is 8.26. The van der Waals surface area contributed by atoms with E-state index in [1.807, 2.05) is 24.3 Å². The Morgan fingerprint density at radius 3 is 2.07 bits per heavy atom. The normalized spacial score (nSPS) is 11.2. The maximum atomic E-state index is 12.7. The third-order valence-electron chi connectivity index (χ3n) is 4.39. The summed E-state index contributed by atoms with van der Waals surface area (Å²) in [6, 6.07) is 16.5. The predicted octanol–water partition coefficient (Wildman–Crippen LogP) is 4.88. The first-order valence-corrected chi connectivity index (χ1v) is 11.0. The Balaban J connectivity index is 1.91. The van der Waals surface area contributed by atoms with Crippen LogP contribution in [0.4, 0.5) is 5.69 Å². The molecular formula is C21H18BrNO5S. The number of nitrogens with one attached hydrogen (secondary N) is 1. The van der Waals surface area contributed by atoms with Gasteiger partial charge in [-0.05, 0) is 59.5 Å². The summed E-state index contributed by atoms with van der Waals surface area (Å²) in [6.07, 6.45) is 0.351. The first-order valence-electron chi connectivity index (χ1n) is 8.69. The van der Waals surface area contributed by atoms with Crippen LogP contribution in [0.25, 0.3) is 11.1 Å². The van der Waals surface area contributed by atoms with Gasteiger partial charge in [0.15, 0.2) is 0 Å². The lowest BCUT2D eigenvalue weighted by Gasteiger charge is -2.13. The molecule has 0 aliphatic heterocycles. The Morgan fingerprint density at radius 1 is 1.00 bits per heavy atom. The van der Waals surface area contributed by atoms with Crippen LogP contribution in [0.3, 0.4) is 0 Å². The van der Waals surface area contributed by atoms with Gasteiger partial charge >= 0.3 is 5.97 Å². The van der Waals surface area contributed by atoms with Crippen molar-refractivity contribution in [2.45, 2.75) is 18.2 Å². The zero-order chi connectivity index (χ0) is 21.2. The van der Waals surface area contributed by atoms with Crippen LogP contribution in [0.2, 0.25) is 0 Å². The van der Waals surface area contributed by atoms with Gasteiger partial charge in [0.2, 0.25) is 0 Å². The molecule has 0 aliphatic rings. The lowest BCUT2D eigenvalue weighted by atomic mass is 10.1. The van der Waals surface area contributed by atoms with Crippen LogP contribution >= 0.6 is 15.9 Å². The van der Waals surface area contributed by atoms with Gasteiger partial charge in [-0.2, -0.15) is 0 Å². The molecule has 0 heterocycles. The summed E-state index contributed by atoms with van der Waals surface area (Å²) in [5, 5.41) is 19.2. The van der Waals surface area contributed by atoms with E-state index in [0.29, 0.717) is 12.0 Å². The number of halogens is 1. The second-order valence-electron chi connectivity index (χ2n) is 6.33. The average Bonchev–Trinajstić information content (AvgIpc) is 2.69. The zero-order valence-electron chi connectivity index (χ0n) is 15.4. The van der Waals surface area contributed by atoms with Crippen molar-refractivity contribution in [2.75, 3.05) is 4.72 Å². The molecule has 0 aliphatic carbocycles. The number of hydrogen-bond acceptors (Lipinski definition) is 4. The van der Waals surface area contributed by atoms with Crippen molar-refractivity contribution in [3.05, 3.63) is 76.3 Å². The van der Waals surface area contributed by atoms with Crippen molar-refractivity contribution >= 4 is 37.6 Å². The lowest BCUT2D eigenvalue weighted by Crippen LogP contribution is -2.14. The maximum Gasteiger partial charge on any atom is 0.339 e. The fraction of sp³-hybridized carbons (Fsp3) is 0.0952. The number of carbonyl (C=O) groups is 1. The molecule has 0 atom stereocenters. The smallest absolute Gasteiger partial charge is 0.339 e. The molecule has 6 nitrogen and oxygen atoms in total. The van der Waals surface area contributed by atoms with Crippen LogP contribution in [0.5, 0.6) is 5.75 Å². The fourth-order valence-corrected chi connectivity index (χ4v) is 4.17. The van der Waals surface area contributed by atoms with Crippen LogP contribution in [-0.4, -0.2) is 24.6 Å². The molecule has 0 unspecified atom stereocenters. The number of aromatic carboxylic acids is 1. The molecule has 3 aromatic rings. The molecule has 0 saturated carbocycles. The minimum absolute atomic E-state index is 0.0429. The molecular weight excluding hydrogens is 458 g/mol. The van der Waals surface area contributed by atoms with Gasteiger partial charge in [-0.25, -0.2) is 13.2 Å². The number of carboxylic acids is 1. The van der Waals surface area contributed by atoms with Crippen LogP contribution < -0.4 is 4.72 Å². The van der Waals surface area contributed by atoms with Crippen molar-refractivity contribution in [2.24, 2.45) is 0 Å². The molecule has 0 amide bonds. The lowest BCUT2D eigenvalue weighted by molar-refractivity contribution is 0.0693. The number of carboxylic acid groups (broad SMARTS) is 1. The quantitative estimate of drug-likeness (QED) is 0.440. The number of aryl methyl sites for hydroxylation is 1. The van der Waals surface area contributed by atoms with E-state index in [9.17, 15) is 23.4 Å².